The van der Waals surface area contributed by atoms with Crippen LogP contribution >= 0.6 is 0 Å². The summed E-state index contributed by atoms with van der Waals surface area (Å²) in [5, 5.41) is 19.9. The summed E-state index contributed by atoms with van der Waals surface area (Å²) in [5.41, 5.74) is 1.96. The fourth-order valence-electron chi connectivity index (χ4n) is 1.81. The summed E-state index contributed by atoms with van der Waals surface area (Å²) in [6.45, 7) is 0. The molecule has 3 rings (SSSR count). The molecule has 0 saturated heterocycles. The lowest BCUT2D eigenvalue weighted by atomic mass is 10.3. The van der Waals surface area contributed by atoms with Crippen LogP contribution in [0.4, 0.5) is 5.69 Å². The minimum atomic E-state index is 0.507. The minimum absolute atomic E-state index is 0.507. The van der Waals surface area contributed by atoms with Crippen molar-refractivity contribution in [3.8, 4) is 5.69 Å². The van der Waals surface area contributed by atoms with Crippen molar-refractivity contribution in [2.24, 2.45) is 0 Å². The summed E-state index contributed by atoms with van der Waals surface area (Å²) in [5.74, 6) is 0. The van der Waals surface area contributed by atoms with Crippen LogP contribution in [-0.4, -0.2) is 25.9 Å². The maximum absolute atomic E-state index is 11.9. The van der Waals surface area contributed by atoms with E-state index in [-0.39, 0.29) is 0 Å². The van der Waals surface area contributed by atoms with Crippen molar-refractivity contribution >= 4 is 11.9 Å². The summed E-state index contributed by atoms with van der Waals surface area (Å²) in [4.78, 5) is 0. The van der Waals surface area contributed by atoms with Crippen LogP contribution in [0.25, 0.3) is 5.69 Å². The van der Waals surface area contributed by atoms with Gasteiger partial charge in [0, 0.05) is 12.1 Å². The van der Waals surface area contributed by atoms with E-state index < -0.39 is 0 Å². The molecule has 0 spiro atoms. The molecule has 0 saturated carbocycles. The lowest BCUT2D eigenvalue weighted by Crippen LogP contribution is -1.98. The van der Waals surface area contributed by atoms with Crippen LogP contribution in [0.15, 0.2) is 66.9 Å². The molecule has 0 amide bonds. The van der Waals surface area contributed by atoms with Gasteiger partial charge in [-0.2, -0.15) is 4.74 Å². The second kappa shape index (κ2) is 5.36. The Morgan fingerprint density at radius 1 is 0.950 bits per heavy atom. The van der Waals surface area contributed by atoms with Crippen molar-refractivity contribution in [2.45, 2.75) is 0 Å². The van der Waals surface area contributed by atoms with E-state index in [0.717, 1.165) is 10.4 Å². The third-order valence-corrected chi connectivity index (χ3v) is 2.79. The smallest absolute Gasteiger partial charge is 0.216 e. The molecule has 0 N–H and O–H groups in total. The van der Waals surface area contributed by atoms with Gasteiger partial charge in [0.05, 0.1) is 11.9 Å². The van der Waals surface area contributed by atoms with Crippen LogP contribution < -0.4 is 0 Å². The van der Waals surface area contributed by atoms with Crippen LogP contribution in [-0.2, 0) is 0 Å². The molecule has 0 unspecified atom stereocenters. The minimum Gasteiger partial charge on any atom is -0.618 e. The third-order valence-electron chi connectivity index (χ3n) is 2.79. The molecule has 3 aromatic rings. The van der Waals surface area contributed by atoms with Gasteiger partial charge in [-0.05, 0) is 12.1 Å². The molecule has 2 aromatic carbocycles. The Labute approximate surface area is 116 Å². The fraction of sp³-hybridized carbons (Fsp3) is 0. The van der Waals surface area contributed by atoms with Gasteiger partial charge in [-0.15, -0.1) is 5.10 Å². The Bertz CT molecular complexity index is 720. The summed E-state index contributed by atoms with van der Waals surface area (Å²) in [6, 6.07) is 18.6. The first kappa shape index (κ1) is 12.1. The maximum atomic E-state index is 11.9. The number of nitrogens with zero attached hydrogens (tertiary/aromatic N) is 4. The van der Waals surface area contributed by atoms with Gasteiger partial charge in [0.1, 0.15) is 0 Å². The van der Waals surface area contributed by atoms with Crippen LogP contribution in [0.1, 0.15) is 5.69 Å². The first-order valence-corrected chi connectivity index (χ1v) is 6.17. The van der Waals surface area contributed by atoms with E-state index in [9.17, 15) is 5.21 Å². The molecule has 0 bridgehead atoms. The van der Waals surface area contributed by atoms with Crippen LogP contribution in [0.2, 0.25) is 0 Å². The second-order valence-electron chi connectivity index (χ2n) is 4.21. The molecule has 0 fully saturated rings. The van der Waals surface area contributed by atoms with E-state index in [0.29, 0.717) is 11.4 Å². The number of aromatic nitrogens is 3. The highest BCUT2D eigenvalue weighted by atomic mass is 16.5. The van der Waals surface area contributed by atoms with Crippen LogP contribution in [0.5, 0.6) is 0 Å². The Balaban J connectivity index is 1.88. The Morgan fingerprint density at radius 2 is 1.60 bits per heavy atom. The molecule has 5 heteroatoms. The largest absolute Gasteiger partial charge is 0.618 e. The SMILES string of the molecule is [O-]/[N+](=C\c1cn(-c2ccccc2)nn1)c1ccccc1. The molecule has 1 heterocycles. The highest BCUT2D eigenvalue weighted by Gasteiger charge is 2.05. The number of hydrogen-bond acceptors (Lipinski definition) is 3. The molecule has 98 valence electrons. The molecular weight excluding hydrogens is 252 g/mol. The van der Waals surface area contributed by atoms with Gasteiger partial charge >= 0.3 is 0 Å². The molecule has 0 aliphatic heterocycles. The molecule has 0 atom stereocenters. The van der Waals surface area contributed by atoms with Crippen molar-refractivity contribution in [2.75, 3.05) is 0 Å². The topological polar surface area (TPSA) is 56.8 Å². The van der Waals surface area contributed by atoms with Crippen LogP contribution in [0.3, 0.4) is 0 Å². The highest BCUT2D eigenvalue weighted by molar-refractivity contribution is 5.73. The Morgan fingerprint density at radius 3 is 2.30 bits per heavy atom. The number of hydrogen-bond donors (Lipinski definition) is 0. The second-order valence-corrected chi connectivity index (χ2v) is 4.21. The number of rotatable bonds is 3. The fourth-order valence-corrected chi connectivity index (χ4v) is 1.81. The van der Waals surface area contributed by atoms with Crippen molar-refractivity contribution in [1.29, 1.82) is 0 Å². The average molecular weight is 264 g/mol. The quantitative estimate of drug-likeness (QED) is 0.316. The lowest BCUT2D eigenvalue weighted by Gasteiger charge is -2.00. The molecule has 1 aromatic heterocycles. The summed E-state index contributed by atoms with van der Waals surface area (Å²) in [7, 11) is 0. The van der Waals surface area contributed by atoms with Gasteiger partial charge < -0.3 is 5.21 Å². The molecule has 0 aliphatic carbocycles. The van der Waals surface area contributed by atoms with Crippen molar-refractivity contribution in [1.82, 2.24) is 15.0 Å². The zero-order chi connectivity index (χ0) is 13.8. The van der Waals surface area contributed by atoms with Crippen molar-refractivity contribution in [3.05, 3.63) is 77.8 Å². The number of para-hydroxylation sites is 2. The van der Waals surface area contributed by atoms with E-state index in [1.54, 1.807) is 23.0 Å². The Kier molecular flexibility index (Phi) is 3.24. The van der Waals surface area contributed by atoms with Gasteiger partial charge in [-0.1, -0.05) is 41.6 Å². The van der Waals surface area contributed by atoms with Gasteiger partial charge in [-0.25, -0.2) is 4.68 Å². The van der Waals surface area contributed by atoms with Gasteiger partial charge in [-0.3, -0.25) is 0 Å². The first-order chi connectivity index (χ1) is 9.83. The van der Waals surface area contributed by atoms with Gasteiger partial charge in [0.15, 0.2) is 5.69 Å². The monoisotopic (exact) mass is 264 g/mol. The molecular formula is C15H12N4O. The van der Waals surface area contributed by atoms with Crippen LogP contribution in [0, 0.1) is 5.21 Å². The predicted octanol–water partition coefficient (Wildman–Crippen LogP) is 2.53. The zero-order valence-electron chi connectivity index (χ0n) is 10.6. The first-order valence-electron chi connectivity index (χ1n) is 6.17. The third kappa shape index (κ3) is 2.56. The van der Waals surface area contributed by atoms with E-state index in [2.05, 4.69) is 10.3 Å². The highest BCUT2D eigenvalue weighted by Crippen LogP contribution is 2.09. The normalized spacial score (nSPS) is 11.5. The zero-order valence-corrected chi connectivity index (χ0v) is 10.6. The molecule has 20 heavy (non-hydrogen) atoms. The van der Waals surface area contributed by atoms with E-state index >= 15 is 0 Å². The standard InChI is InChI=1S/C15H12N4O/c20-19(15-9-5-2-6-10-15)12-13-11-18(17-16-13)14-7-3-1-4-8-14/h1-12H/b19-12-. The lowest BCUT2D eigenvalue weighted by molar-refractivity contribution is -0.354. The molecule has 5 nitrogen and oxygen atoms in total. The summed E-state index contributed by atoms with van der Waals surface area (Å²) >= 11 is 0. The molecule has 0 radical (unpaired) electrons. The van der Waals surface area contributed by atoms with Crippen molar-refractivity contribution < 1.29 is 4.74 Å². The maximum Gasteiger partial charge on any atom is 0.216 e. The van der Waals surface area contributed by atoms with E-state index in [4.69, 9.17) is 0 Å². The number of benzene rings is 2. The predicted molar refractivity (Wildman–Crippen MR) is 76.3 cm³/mol. The molecule has 0 aliphatic rings. The average Bonchev–Trinajstić information content (AvgIpc) is 2.97. The van der Waals surface area contributed by atoms with Gasteiger partial charge in [0.25, 0.3) is 0 Å². The Hall–Kier alpha value is -2.95. The summed E-state index contributed by atoms with van der Waals surface area (Å²) < 4.78 is 2.41. The van der Waals surface area contributed by atoms with E-state index in [1.165, 1.54) is 6.21 Å². The van der Waals surface area contributed by atoms with Crippen molar-refractivity contribution in [3.63, 3.8) is 0 Å². The van der Waals surface area contributed by atoms with Gasteiger partial charge in [0.2, 0.25) is 11.9 Å². The summed E-state index contributed by atoms with van der Waals surface area (Å²) in [6.07, 6.45) is 3.12. The van der Waals surface area contributed by atoms with E-state index in [1.807, 2.05) is 48.5 Å².